The molecule has 0 rings (SSSR count). The molecule has 0 aromatic heterocycles. The molecule has 0 aliphatic carbocycles. The van der Waals surface area contributed by atoms with E-state index in [0.717, 1.165) is 12.8 Å². The minimum atomic E-state index is 0.483. The molecule has 82 valence electrons. The fraction of sp³-hybridized carbons (Fsp3) is 1.00. The molecule has 0 unspecified atom stereocenters. The van der Waals surface area contributed by atoms with Crippen LogP contribution in [0.1, 0.15) is 32.6 Å². The van der Waals surface area contributed by atoms with Gasteiger partial charge in [0.15, 0.2) is 0 Å². The van der Waals surface area contributed by atoms with Gasteiger partial charge in [0.1, 0.15) is 0 Å². The van der Waals surface area contributed by atoms with Gasteiger partial charge in [0.25, 0.3) is 0 Å². The zero-order valence-electron chi connectivity index (χ0n) is 9.25. The Morgan fingerprint density at radius 3 is 2.00 bits per heavy atom. The van der Waals surface area contributed by atoms with Gasteiger partial charge in [0.2, 0.25) is 0 Å². The largest absolute Gasteiger partial charge is 0.312 e. The van der Waals surface area contributed by atoms with E-state index in [9.17, 15) is 0 Å². The third-order valence-electron chi connectivity index (χ3n) is 1.13. The van der Waals surface area contributed by atoms with Crippen LogP contribution in [0.3, 0.4) is 0 Å². The monoisotopic (exact) mass is 193 g/mol. The summed E-state index contributed by atoms with van der Waals surface area (Å²) in [5.41, 5.74) is 0. The van der Waals surface area contributed by atoms with Crippen LogP contribution in [-0.4, -0.2) is 37.9 Å². The molecule has 0 aromatic rings. The predicted molar refractivity (Wildman–Crippen MR) is 53.4 cm³/mol. The highest BCUT2D eigenvalue weighted by atomic mass is 17.5. The Balaban J connectivity index is 0. The maximum absolute atomic E-state index is 7.70. The van der Waals surface area contributed by atoms with Gasteiger partial charge >= 0.3 is 0 Å². The highest BCUT2D eigenvalue weighted by Crippen LogP contribution is 1.98. The molecule has 0 spiro atoms. The Bertz CT molecular complexity index is 70.5. The van der Waals surface area contributed by atoms with Crippen molar-refractivity contribution in [2.75, 3.05) is 27.7 Å². The van der Waals surface area contributed by atoms with Crippen LogP contribution in [0.15, 0.2) is 0 Å². The third kappa shape index (κ3) is 33.6. The van der Waals surface area contributed by atoms with Crippen molar-refractivity contribution in [3.8, 4) is 0 Å². The molecule has 1 N–H and O–H groups in total. The van der Waals surface area contributed by atoms with Gasteiger partial charge in [-0.25, -0.2) is 10.1 Å². The van der Waals surface area contributed by atoms with Crippen molar-refractivity contribution >= 4 is 0 Å². The van der Waals surface area contributed by atoms with E-state index in [1.165, 1.54) is 12.8 Å². The van der Waals surface area contributed by atoms with E-state index < -0.39 is 0 Å². The Morgan fingerprint density at radius 2 is 1.62 bits per heavy atom. The SMILES string of the molecule is CCCCCCOOO.CN(C)C. The first-order chi connectivity index (χ1) is 6.15. The first-order valence-electron chi connectivity index (χ1n) is 4.69. The fourth-order valence-electron chi connectivity index (χ4n) is 0.625. The number of rotatable bonds is 6. The highest BCUT2D eigenvalue weighted by Gasteiger charge is 1.86. The van der Waals surface area contributed by atoms with Crippen molar-refractivity contribution in [1.29, 1.82) is 0 Å². The molecule has 0 bridgehead atoms. The van der Waals surface area contributed by atoms with Crippen molar-refractivity contribution < 1.29 is 15.2 Å². The zero-order chi connectivity index (χ0) is 10.5. The lowest BCUT2D eigenvalue weighted by Gasteiger charge is -1.95. The Morgan fingerprint density at radius 1 is 1.08 bits per heavy atom. The predicted octanol–water partition coefficient (Wildman–Crippen LogP) is 2.17. The third-order valence-corrected chi connectivity index (χ3v) is 1.13. The molecule has 0 fully saturated rings. The molecular weight excluding hydrogens is 170 g/mol. The highest BCUT2D eigenvalue weighted by molar-refractivity contribution is 4.36. The van der Waals surface area contributed by atoms with E-state index in [4.69, 9.17) is 5.26 Å². The molecular formula is C9H23NO3. The number of hydrogen-bond donors (Lipinski definition) is 1. The van der Waals surface area contributed by atoms with Crippen LogP contribution in [0.5, 0.6) is 0 Å². The first kappa shape index (κ1) is 15.3. The first-order valence-corrected chi connectivity index (χ1v) is 4.69. The van der Waals surface area contributed by atoms with Gasteiger partial charge in [0.05, 0.1) is 6.61 Å². The minimum Gasteiger partial charge on any atom is -0.312 e. The van der Waals surface area contributed by atoms with E-state index in [1.54, 1.807) is 0 Å². The van der Waals surface area contributed by atoms with E-state index in [2.05, 4.69) is 16.8 Å². The summed E-state index contributed by atoms with van der Waals surface area (Å²) in [5, 5.41) is 11.1. The van der Waals surface area contributed by atoms with Crippen molar-refractivity contribution in [2.24, 2.45) is 0 Å². The standard InChI is InChI=1S/C6H14O3.C3H9N/c1-2-3-4-5-6-8-9-7;1-4(2)3/h7H,2-6H2,1H3;1-3H3. The Kier molecular flexibility index (Phi) is 16.9. The number of hydrogen-bond acceptors (Lipinski definition) is 4. The van der Waals surface area contributed by atoms with Crippen molar-refractivity contribution in [3.05, 3.63) is 0 Å². The molecule has 0 amide bonds. The van der Waals surface area contributed by atoms with Gasteiger partial charge in [-0.2, -0.15) is 0 Å². The van der Waals surface area contributed by atoms with Crippen LogP contribution in [0.25, 0.3) is 0 Å². The van der Waals surface area contributed by atoms with E-state index in [0.29, 0.717) is 6.61 Å². The van der Waals surface area contributed by atoms with Crippen LogP contribution >= 0.6 is 0 Å². The summed E-state index contributed by atoms with van der Waals surface area (Å²) < 4.78 is 0. The summed E-state index contributed by atoms with van der Waals surface area (Å²) in [6.45, 7) is 2.62. The second kappa shape index (κ2) is 14.4. The van der Waals surface area contributed by atoms with Crippen LogP contribution in [0.4, 0.5) is 0 Å². The second-order valence-corrected chi connectivity index (χ2v) is 3.30. The number of unbranched alkanes of at least 4 members (excludes halogenated alkanes) is 3. The van der Waals surface area contributed by atoms with E-state index in [-0.39, 0.29) is 0 Å². The molecule has 0 atom stereocenters. The molecule has 4 heteroatoms. The lowest BCUT2D eigenvalue weighted by Crippen LogP contribution is -1.99. The van der Waals surface area contributed by atoms with E-state index >= 15 is 0 Å². The van der Waals surface area contributed by atoms with Gasteiger partial charge in [-0.15, -0.1) is 0 Å². The average Bonchev–Trinajstić information content (AvgIpc) is 2.03. The summed E-state index contributed by atoms with van der Waals surface area (Å²) in [7, 11) is 6.00. The van der Waals surface area contributed by atoms with Crippen LogP contribution in [0, 0.1) is 0 Å². The zero-order valence-corrected chi connectivity index (χ0v) is 9.25. The molecule has 13 heavy (non-hydrogen) atoms. The number of nitrogens with zero attached hydrogens (tertiary/aromatic N) is 1. The van der Waals surface area contributed by atoms with Gasteiger partial charge < -0.3 is 4.90 Å². The lowest BCUT2D eigenvalue weighted by atomic mass is 10.2. The van der Waals surface area contributed by atoms with Crippen LogP contribution in [-0.2, 0) is 9.93 Å². The van der Waals surface area contributed by atoms with Gasteiger partial charge in [-0.05, 0) is 27.6 Å². The topological polar surface area (TPSA) is 41.9 Å². The second-order valence-electron chi connectivity index (χ2n) is 3.30. The van der Waals surface area contributed by atoms with Crippen molar-refractivity contribution in [1.82, 2.24) is 4.90 Å². The van der Waals surface area contributed by atoms with Crippen LogP contribution in [0.2, 0.25) is 0 Å². The molecule has 0 saturated carbocycles. The Hall–Kier alpha value is -0.160. The summed E-state index contributed by atoms with van der Waals surface area (Å²) in [4.78, 5) is 6.24. The molecule has 0 aromatic carbocycles. The van der Waals surface area contributed by atoms with Gasteiger partial charge in [-0.1, -0.05) is 31.2 Å². The van der Waals surface area contributed by atoms with Gasteiger partial charge in [0, 0.05) is 0 Å². The van der Waals surface area contributed by atoms with E-state index in [1.807, 2.05) is 26.0 Å². The maximum Gasteiger partial charge on any atom is 0.0853 e. The molecule has 0 radical (unpaired) electrons. The summed E-state index contributed by atoms with van der Waals surface area (Å²) in [6, 6.07) is 0. The fourth-order valence-corrected chi connectivity index (χ4v) is 0.625. The molecule has 0 aliphatic heterocycles. The quantitative estimate of drug-likeness (QED) is 0.399. The van der Waals surface area contributed by atoms with Crippen LogP contribution < -0.4 is 0 Å². The normalized spacial score (nSPS) is 9.69. The van der Waals surface area contributed by atoms with Crippen molar-refractivity contribution in [3.63, 3.8) is 0 Å². The average molecular weight is 193 g/mol. The summed E-state index contributed by atoms with van der Waals surface area (Å²) in [5.74, 6) is 0. The smallest absolute Gasteiger partial charge is 0.0853 e. The molecule has 0 saturated heterocycles. The van der Waals surface area contributed by atoms with Crippen molar-refractivity contribution in [2.45, 2.75) is 32.6 Å². The summed E-state index contributed by atoms with van der Waals surface area (Å²) >= 11 is 0. The minimum absolute atomic E-state index is 0.483. The Labute approximate surface area is 81.3 Å². The summed E-state index contributed by atoms with van der Waals surface area (Å²) in [6.07, 6.45) is 4.52. The van der Waals surface area contributed by atoms with Gasteiger partial charge in [-0.3, -0.25) is 0 Å². The lowest BCUT2D eigenvalue weighted by molar-refractivity contribution is -0.490. The molecule has 0 aliphatic rings. The maximum atomic E-state index is 7.70. The molecule has 4 nitrogen and oxygen atoms in total. The molecule has 0 heterocycles.